The number of urea groups is 1. The molecule has 2 heterocycles. The van der Waals surface area contributed by atoms with Crippen LogP contribution in [-0.4, -0.2) is 56.2 Å². The normalized spacial score (nSPS) is 18.4. The van der Waals surface area contributed by atoms with Crippen LogP contribution in [0.4, 0.5) is 10.5 Å². The molecule has 2 aliphatic rings. The van der Waals surface area contributed by atoms with Gasteiger partial charge in [0.25, 0.3) is 0 Å². The van der Waals surface area contributed by atoms with Gasteiger partial charge >= 0.3 is 12.0 Å². The van der Waals surface area contributed by atoms with Crippen LogP contribution in [0.1, 0.15) is 37.7 Å². The van der Waals surface area contributed by atoms with Crippen molar-refractivity contribution in [1.82, 2.24) is 10.2 Å². The first-order valence-corrected chi connectivity index (χ1v) is 9.63. The van der Waals surface area contributed by atoms with Crippen molar-refractivity contribution in [3.05, 3.63) is 29.8 Å². The van der Waals surface area contributed by atoms with Gasteiger partial charge in [-0.3, -0.25) is 9.69 Å². The number of rotatable bonds is 7. The molecule has 3 rings (SSSR count). The van der Waals surface area contributed by atoms with E-state index in [-0.39, 0.29) is 12.0 Å². The average Bonchev–Trinajstić information content (AvgIpc) is 3.07. The summed E-state index contributed by atoms with van der Waals surface area (Å²) in [6.45, 7) is 3.58. The van der Waals surface area contributed by atoms with Gasteiger partial charge in [-0.2, -0.15) is 0 Å². The van der Waals surface area contributed by atoms with Crippen LogP contribution < -0.4 is 10.2 Å². The molecule has 0 aliphatic carbocycles. The molecule has 2 amide bonds. The number of unbranched alkanes of at least 4 members (excludes halogenated alkanes) is 1. The smallest absolute Gasteiger partial charge is 0.324 e. The molecular weight excluding hydrogens is 330 g/mol. The van der Waals surface area contributed by atoms with Crippen molar-refractivity contribution < 1.29 is 14.3 Å². The second-order valence-electron chi connectivity index (χ2n) is 7.06. The van der Waals surface area contributed by atoms with E-state index >= 15 is 0 Å². The first-order chi connectivity index (χ1) is 12.7. The van der Waals surface area contributed by atoms with Gasteiger partial charge in [-0.1, -0.05) is 12.1 Å². The average molecular weight is 359 g/mol. The molecule has 1 aromatic carbocycles. The molecule has 0 bridgehead atoms. The maximum absolute atomic E-state index is 12.8. The molecule has 0 radical (unpaired) electrons. The van der Waals surface area contributed by atoms with E-state index < -0.39 is 0 Å². The first kappa shape index (κ1) is 18.7. The number of benzene rings is 1. The van der Waals surface area contributed by atoms with Crippen LogP contribution in [0.25, 0.3) is 0 Å². The molecule has 6 heteroatoms. The highest BCUT2D eigenvalue weighted by Crippen LogP contribution is 2.25. The third-order valence-electron chi connectivity index (χ3n) is 5.36. The topological polar surface area (TPSA) is 61.9 Å². The summed E-state index contributed by atoms with van der Waals surface area (Å²) in [7, 11) is 1.42. The molecule has 1 aromatic rings. The highest BCUT2D eigenvalue weighted by Gasteiger charge is 2.34. The number of esters is 1. The summed E-state index contributed by atoms with van der Waals surface area (Å²) in [6.07, 6.45) is 5.30. The summed E-state index contributed by atoms with van der Waals surface area (Å²) in [6, 6.07) is 8.78. The van der Waals surface area contributed by atoms with Crippen molar-refractivity contribution in [3.8, 4) is 0 Å². The summed E-state index contributed by atoms with van der Waals surface area (Å²) < 4.78 is 4.65. The number of amides is 2. The lowest BCUT2D eigenvalue weighted by Gasteiger charge is -2.31. The lowest BCUT2D eigenvalue weighted by atomic mass is 10.1. The number of hydrogen-bond donors (Lipinski definition) is 1. The van der Waals surface area contributed by atoms with E-state index in [1.54, 1.807) is 0 Å². The van der Waals surface area contributed by atoms with Gasteiger partial charge in [0.1, 0.15) is 0 Å². The number of carbonyl (C=O) groups is 2. The van der Waals surface area contributed by atoms with Gasteiger partial charge in [0, 0.05) is 31.2 Å². The van der Waals surface area contributed by atoms with Gasteiger partial charge < -0.3 is 15.0 Å². The predicted octanol–water partition coefficient (Wildman–Crippen LogP) is 2.57. The third kappa shape index (κ3) is 4.55. The molecule has 2 fully saturated rings. The van der Waals surface area contributed by atoms with E-state index in [2.05, 4.69) is 22.2 Å². The second kappa shape index (κ2) is 9.03. The number of nitrogens with zero attached hydrogens (tertiary/aromatic N) is 2. The van der Waals surface area contributed by atoms with Crippen LogP contribution in [0.15, 0.2) is 24.3 Å². The molecule has 26 heavy (non-hydrogen) atoms. The number of piperidine rings is 1. The SMILES string of the molecule is COC(=O)CCCCc1ccc(N2CCN(C3CCNCC3)C2=O)cc1. The Bertz CT molecular complexity index is 611. The maximum Gasteiger partial charge on any atom is 0.324 e. The quantitative estimate of drug-likeness (QED) is 0.600. The zero-order valence-electron chi connectivity index (χ0n) is 15.6. The minimum Gasteiger partial charge on any atom is -0.469 e. The lowest BCUT2D eigenvalue weighted by Crippen LogP contribution is -2.45. The van der Waals surface area contributed by atoms with Crippen LogP contribution in [0, 0.1) is 0 Å². The Morgan fingerprint density at radius 1 is 1.15 bits per heavy atom. The Balaban J connectivity index is 1.50. The molecule has 0 spiro atoms. The fourth-order valence-corrected chi connectivity index (χ4v) is 3.79. The van der Waals surface area contributed by atoms with Crippen molar-refractivity contribution in [1.29, 1.82) is 0 Å². The standard InChI is InChI=1S/C20H29N3O3/c1-26-19(24)5-3-2-4-16-6-8-17(9-7-16)22-14-15-23(20(22)25)18-10-12-21-13-11-18/h6-9,18,21H,2-5,10-15H2,1H3. The summed E-state index contributed by atoms with van der Waals surface area (Å²) in [5.41, 5.74) is 2.21. The van der Waals surface area contributed by atoms with Gasteiger partial charge in [-0.05, 0) is 62.9 Å². The van der Waals surface area contributed by atoms with Crippen LogP contribution in [-0.2, 0) is 16.0 Å². The molecule has 2 saturated heterocycles. The summed E-state index contributed by atoms with van der Waals surface area (Å²) in [5, 5.41) is 3.36. The van der Waals surface area contributed by atoms with Crippen LogP contribution in [0.2, 0.25) is 0 Å². The summed E-state index contributed by atoms with van der Waals surface area (Å²) >= 11 is 0. The maximum atomic E-state index is 12.8. The van der Waals surface area contributed by atoms with E-state index in [9.17, 15) is 9.59 Å². The third-order valence-corrected chi connectivity index (χ3v) is 5.36. The number of aryl methyl sites for hydroxylation is 1. The fourth-order valence-electron chi connectivity index (χ4n) is 3.79. The molecule has 0 atom stereocenters. The highest BCUT2D eigenvalue weighted by atomic mass is 16.5. The van der Waals surface area contributed by atoms with E-state index in [1.165, 1.54) is 12.7 Å². The van der Waals surface area contributed by atoms with Crippen molar-refractivity contribution in [2.24, 2.45) is 0 Å². The number of ether oxygens (including phenoxy) is 1. The minimum absolute atomic E-state index is 0.141. The zero-order chi connectivity index (χ0) is 18.4. The van der Waals surface area contributed by atoms with Crippen LogP contribution in [0.5, 0.6) is 0 Å². The number of hydrogen-bond acceptors (Lipinski definition) is 4. The molecule has 0 saturated carbocycles. The monoisotopic (exact) mass is 359 g/mol. The van der Waals surface area contributed by atoms with E-state index in [1.807, 2.05) is 21.9 Å². The molecule has 0 unspecified atom stereocenters. The van der Waals surface area contributed by atoms with Crippen molar-refractivity contribution in [2.45, 2.75) is 44.6 Å². The molecule has 1 N–H and O–H groups in total. The largest absolute Gasteiger partial charge is 0.469 e. The van der Waals surface area contributed by atoms with E-state index in [0.29, 0.717) is 12.5 Å². The van der Waals surface area contributed by atoms with Crippen LogP contribution in [0.3, 0.4) is 0 Å². The second-order valence-corrected chi connectivity index (χ2v) is 7.06. The van der Waals surface area contributed by atoms with Gasteiger partial charge in [0.05, 0.1) is 7.11 Å². The number of carbonyl (C=O) groups excluding carboxylic acids is 2. The van der Waals surface area contributed by atoms with Crippen molar-refractivity contribution in [3.63, 3.8) is 0 Å². The summed E-state index contributed by atoms with van der Waals surface area (Å²) in [5.74, 6) is -0.147. The molecule has 6 nitrogen and oxygen atoms in total. The summed E-state index contributed by atoms with van der Waals surface area (Å²) in [4.78, 5) is 27.8. The Hall–Kier alpha value is -2.08. The minimum atomic E-state index is -0.147. The fraction of sp³-hybridized carbons (Fsp3) is 0.600. The Morgan fingerprint density at radius 2 is 1.88 bits per heavy atom. The molecule has 0 aromatic heterocycles. The Labute approximate surface area is 155 Å². The van der Waals surface area contributed by atoms with Gasteiger partial charge in [0.2, 0.25) is 0 Å². The van der Waals surface area contributed by atoms with Crippen molar-refractivity contribution in [2.75, 3.05) is 38.2 Å². The lowest BCUT2D eigenvalue weighted by molar-refractivity contribution is -0.140. The zero-order valence-corrected chi connectivity index (χ0v) is 15.6. The van der Waals surface area contributed by atoms with Gasteiger partial charge in [-0.25, -0.2) is 4.79 Å². The number of nitrogens with one attached hydrogen (secondary N) is 1. The molecule has 2 aliphatic heterocycles. The van der Waals surface area contributed by atoms with Gasteiger partial charge in [-0.15, -0.1) is 0 Å². The van der Waals surface area contributed by atoms with Crippen LogP contribution >= 0.6 is 0 Å². The number of anilines is 1. The first-order valence-electron chi connectivity index (χ1n) is 9.63. The Morgan fingerprint density at radius 3 is 2.58 bits per heavy atom. The van der Waals surface area contributed by atoms with E-state index in [4.69, 9.17) is 0 Å². The number of methoxy groups -OCH3 is 1. The molecule has 142 valence electrons. The highest BCUT2D eigenvalue weighted by molar-refractivity contribution is 5.94. The van der Waals surface area contributed by atoms with E-state index in [0.717, 1.165) is 64.0 Å². The predicted molar refractivity (Wildman–Crippen MR) is 101 cm³/mol. The Kier molecular flexibility index (Phi) is 6.50. The van der Waals surface area contributed by atoms with Crippen molar-refractivity contribution >= 4 is 17.7 Å². The molecular formula is C20H29N3O3. The van der Waals surface area contributed by atoms with Gasteiger partial charge in [0.15, 0.2) is 0 Å².